The van der Waals surface area contributed by atoms with Crippen LogP contribution in [-0.2, 0) is 4.79 Å². The van der Waals surface area contributed by atoms with E-state index >= 15 is 0 Å². The monoisotopic (exact) mass is 423 g/mol. The highest BCUT2D eigenvalue weighted by atomic mass is 19.1. The molecule has 0 saturated carbocycles. The second-order valence-corrected chi connectivity index (χ2v) is 7.78. The average molecular weight is 423 g/mol. The summed E-state index contributed by atoms with van der Waals surface area (Å²) in [6.07, 6.45) is 1.10. The number of amides is 4. The summed E-state index contributed by atoms with van der Waals surface area (Å²) in [7, 11) is 0. The lowest BCUT2D eigenvalue weighted by atomic mass is 10.0. The van der Waals surface area contributed by atoms with Crippen LogP contribution in [-0.4, -0.2) is 58.6 Å². The molecule has 1 N–H and O–H groups in total. The fraction of sp³-hybridized carbons (Fsp3) is 0.304. The molecule has 2 aliphatic heterocycles. The first-order valence-corrected chi connectivity index (χ1v) is 10.2. The maximum absolute atomic E-state index is 13.1. The second-order valence-electron chi connectivity index (χ2n) is 7.78. The van der Waals surface area contributed by atoms with Crippen LogP contribution in [0.3, 0.4) is 0 Å². The van der Waals surface area contributed by atoms with Crippen LogP contribution in [0.25, 0.3) is 0 Å². The van der Waals surface area contributed by atoms with Crippen LogP contribution in [0.15, 0.2) is 48.5 Å². The lowest BCUT2D eigenvalue weighted by molar-refractivity contribution is -0.125. The molecule has 2 aliphatic rings. The van der Waals surface area contributed by atoms with Crippen LogP contribution in [0.2, 0.25) is 0 Å². The van der Waals surface area contributed by atoms with Crippen molar-refractivity contribution in [2.24, 2.45) is 0 Å². The summed E-state index contributed by atoms with van der Waals surface area (Å²) in [6, 6.07) is 10.8. The number of likely N-dealkylation sites (tertiary alicyclic amines) is 1. The van der Waals surface area contributed by atoms with Crippen LogP contribution in [0.4, 0.5) is 4.39 Å². The molecule has 0 spiro atoms. The van der Waals surface area contributed by atoms with Crippen molar-refractivity contribution in [1.82, 2.24) is 15.1 Å². The minimum Gasteiger partial charge on any atom is -0.351 e. The largest absolute Gasteiger partial charge is 0.351 e. The first-order valence-electron chi connectivity index (χ1n) is 10.2. The summed E-state index contributed by atoms with van der Waals surface area (Å²) in [5.41, 5.74) is 1.03. The zero-order valence-corrected chi connectivity index (χ0v) is 17.0. The number of imide groups is 1. The maximum atomic E-state index is 13.1. The van der Waals surface area contributed by atoms with E-state index in [2.05, 4.69) is 5.32 Å². The van der Waals surface area contributed by atoms with E-state index in [0.717, 1.165) is 4.90 Å². The Morgan fingerprint density at radius 3 is 2.06 bits per heavy atom. The molecular formula is C23H22FN3O4. The number of benzene rings is 2. The number of piperidine rings is 1. The Morgan fingerprint density at radius 2 is 1.52 bits per heavy atom. The van der Waals surface area contributed by atoms with E-state index in [-0.39, 0.29) is 11.9 Å². The first-order chi connectivity index (χ1) is 14.9. The van der Waals surface area contributed by atoms with Crippen LogP contribution in [0.5, 0.6) is 0 Å². The van der Waals surface area contributed by atoms with Gasteiger partial charge in [-0.15, -0.1) is 0 Å². The van der Waals surface area contributed by atoms with E-state index in [0.29, 0.717) is 42.6 Å². The molecule has 0 aliphatic carbocycles. The molecule has 1 unspecified atom stereocenters. The zero-order chi connectivity index (χ0) is 22.1. The van der Waals surface area contributed by atoms with Crippen LogP contribution >= 0.6 is 0 Å². The van der Waals surface area contributed by atoms with Gasteiger partial charge in [-0.25, -0.2) is 4.39 Å². The van der Waals surface area contributed by atoms with Gasteiger partial charge < -0.3 is 10.2 Å². The molecule has 1 atom stereocenters. The number of hydrogen-bond donors (Lipinski definition) is 1. The van der Waals surface area contributed by atoms with Crippen LogP contribution in [0.1, 0.15) is 50.8 Å². The SMILES string of the molecule is CC(C(=O)NC1CCN(C(=O)c2ccc(F)cc2)CC1)N1C(=O)c2ccccc2C1=O. The molecule has 4 amide bonds. The van der Waals surface area contributed by atoms with Crippen molar-refractivity contribution in [3.8, 4) is 0 Å². The van der Waals surface area contributed by atoms with Gasteiger partial charge in [0, 0.05) is 24.7 Å². The summed E-state index contributed by atoms with van der Waals surface area (Å²) in [6.45, 7) is 2.43. The van der Waals surface area contributed by atoms with Gasteiger partial charge in [-0.05, 0) is 56.2 Å². The molecule has 0 bridgehead atoms. The Hall–Kier alpha value is -3.55. The Morgan fingerprint density at radius 1 is 0.968 bits per heavy atom. The second kappa shape index (κ2) is 8.29. The Balaban J connectivity index is 1.33. The Kier molecular flexibility index (Phi) is 5.54. The van der Waals surface area contributed by atoms with Gasteiger partial charge in [0.1, 0.15) is 11.9 Å². The van der Waals surface area contributed by atoms with Crippen LogP contribution < -0.4 is 5.32 Å². The van der Waals surface area contributed by atoms with E-state index in [1.54, 1.807) is 29.2 Å². The molecule has 1 fully saturated rings. The van der Waals surface area contributed by atoms with Gasteiger partial charge in [0.25, 0.3) is 17.7 Å². The quantitative estimate of drug-likeness (QED) is 0.764. The van der Waals surface area contributed by atoms with Crippen molar-refractivity contribution in [3.63, 3.8) is 0 Å². The predicted molar refractivity (Wildman–Crippen MR) is 110 cm³/mol. The fourth-order valence-electron chi connectivity index (χ4n) is 4.00. The Labute approximate surface area is 178 Å². The molecule has 2 aromatic carbocycles. The summed E-state index contributed by atoms with van der Waals surface area (Å²) >= 11 is 0. The topological polar surface area (TPSA) is 86.8 Å². The number of rotatable bonds is 4. The Bertz CT molecular complexity index is 1010. The highest BCUT2D eigenvalue weighted by Crippen LogP contribution is 2.24. The van der Waals surface area contributed by atoms with Crippen molar-refractivity contribution in [3.05, 3.63) is 71.0 Å². The molecule has 2 aromatic rings. The van der Waals surface area contributed by atoms with Gasteiger partial charge in [0.15, 0.2) is 0 Å². The lowest BCUT2D eigenvalue weighted by Crippen LogP contribution is -2.53. The number of hydrogen-bond acceptors (Lipinski definition) is 4. The van der Waals surface area contributed by atoms with Crippen molar-refractivity contribution < 1.29 is 23.6 Å². The van der Waals surface area contributed by atoms with E-state index in [9.17, 15) is 23.6 Å². The van der Waals surface area contributed by atoms with Crippen LogP contribution in [0, 0.1) is 5.82 Å². The van der Waals surface area contributed by atoms with Crippen molar-refractivity contribution >= 4 is 23.6 Å². The summed E-state index contributed by atoms with van der Waals surface area (Å²) in [5, 5.41) is 2.90. The minimum atomic E-state index is -0.939. The molecule has 4 rings (SSSR count). The zero-order valence-electron chi connectivity index (χ0n) is 17.0. The predicted octanol–water partition coefficient (Wildman–Crippen LogP) is 2.23. The molecule has 8 heteroatoms. The van der Waals surface area contributed by atoms with Crippen molar-refractivity contribution in [2.45, 2.75) is 31.8 Å². The molecule has 7 nitrogen and oxygen atoms in total. The van der Waals surface area contributed by atoms with Gasteiger partial charge in [-0.2, -0.15) is 0 Å². The summed E-state index contributed by atoms with van der Waals surface area (Å²) < 4.78 is 13.1. The molecule has 31 heavy (non-hydrogen) atoms. The maximum Gasteiger partial charge on any atom is 0.262 e. The van der Waals surface area contributed by atoms with E-state index in [1.807, 2.05) is 0 Å². The van der Waals surface area contributed by atoms with E-state index in [1.165, 1.54) is 31.2 Å². The van der Waals surface area contributed by atoms with Gasteiger partial charge in [-0.3, -0.25) is 24.1 Å². The fourth-order valence-corrected chi connectivity index (χ4v) is 4.00. The van der Waals surface area contributed by atoms with Crippen molar-refractivity contribution in [2.75, 3.05) is 13.1 Å². The third-order valence-corrected chi connectivity index (χ3v) is 5.81. The average Bonchev–Trinajstić information content (AvgIpc) is 3.04. The number of fused-ring (bicyclic) bond motifs is 1. The highest BCUT2D eigenvalue weighted by Gasteiger charge is 2.41. The molecule has 2 heterocycles. The van der Waals surface area contributed by atoms with Gasteiger partial charge in [-0.1, -0.05) is 12.1 Å². The van der Waals surface area contributed by atoms with Crippen molar-refractivity contribution in [1.29, 1.82) is 0 Å². The molecule has 1 saturated heterocycles. The first kappa shape index (κ1) is 20.7. The lowest BCUT2D eigenvalue weighted by Gasteiger charge is -2.33. The normalized spacial score (nSPS) is 17.5. The third-order valence-electron chi connectivity index (χ3n) is 5.81. The molecule has 0 aromatic heterocycles. The summed E-state index contributed by atoms with van der Waals surface area (Å²) in [4.78, 5) is 53.1. The molecule has 0 radical (unpaired) electrons. The molecule has 160 valence electrons. The standard InChI is InChI=1S/C23H22FN3O4/c1-14(27-22(30)18-4-2-3-5-19(18)23(27)31)20(28)25-17-10-12-26(13-11-17)21(29)15-6-8-16(24)9-7-15/h2-9,14,17H,10-13H2,1H3,(H,25,28). The van der Waals surface area contributed by atoms with E-state index in [4.69, 9.17) is 0 Å². The number of carbonyl (C=O) groups excluding carboxylic acids is 4. The number of nitrogens with zero attached hydrogens (tertiary/aromatic N) is 2. The smallest absolute Gasteiger partial charge is 0.262 e. The molecular weight excluding hydrogens is 401 g/mol. The number of carbonyl (C=O) groups is 4. The summed E-state index contributed by atoms with van der Waals surface area (Å²) in [5.74, 6) is -1.92. The highest BCUT2D eigenvalue weighted by molar-refractivity contribution is 6.22. The van der Waals surface area contributed by atoms with E-state index < -0.39 is 29.6 Å². The van der Waals surface area contributed by atoms with Gasteiger partial charge in [0.2, 0.25) is 5.91 Å². The van der Waals surface area contributed by atoms with Gasteiger partial charge in [0.05, 0.1) is 11.1 Å². The number of halogens is 1. The third kappa shape index (κ3) is 3.93. The number of nitrogens with one attached hydrogen (secondary N) is 1. The van der Waals surface area contributed by atoms with Gasteiger partial charge >= 0.3 is 0 Å². The minimum absolute atomic E-state index is 0.164.